The molecule has 4 aromatic rings. The highest BCUT2D eigenvalue weighted by Gasteiger charge is 2.12. The van der Waals surface area contributed by atoms with Crippen LogP contribution in [0.4, 0.5) is 5.69 Å². The van der Waals surface area contributed by atoms with Crippen molar-refractivity contribution < 1.29 is 9.34 Å². The number of hydrogen-bond donors (Lipinski definition) is 0. The van der Waals surface area contributed by atoms with Crippen LogP contribution in [0.2, 0.25) is 0 Å². The van der Waals surface area contributed by atoms with Gasteiger partial charge in [0.15, 0.2) is 0 Å². The summed E-state index contributed by atoms with van der Waals surface area (Å²) in [6.45, 7) is 0.725. The minimum Gasteiger partial charge on any atom is -0.423 e. The van der Waals surface area contributed by atoms with Crippen molar-refractivity contribution in [2.24, 2.45) is 0 Å². The molecule has 0 spiro atoms. The van der Waals surface area contributed by atoms with E-state index in [9.17, 15) is 10.1 Å². The van der Waals surface area contributed by atoms with Crippen molar-refractivity contribution >= 4 is 16.7 Å². The highest BCUT2D eigenvalue weighted by molar-refractivity contribution is 5.73. The van der Waals surface area contributed by atoms with E-state index < -0.39 is 4.92 Å². The SMILES string of the molecule is O=[N+]([O-])c1cnn(CCc2nnc(Cn3nnc4ccccc43)o2)c1. The molecular formula is C14H12N8O3. The van der Waals surface area contributed by atoms with Crippen LogP contribution in [0, 0.1) is 10.1 Å². The molecule has 3 aromatic heterocycles. The first-order valence-electron chi connectivity index (χ1n) is 7.45. The fraction of sp³-hybridized carbons (Fsp3) is 0.214. The van der Waals surface area contributed by atoms with Crippen molar-refractivity contribution in [3.63, 3.8) is 0 Å². The van der Waals surface area contributed by atoms with Crippen LogP contribution in [0.1, 0.15) is 11.8 Å². The Morgan fingerprint density at radius 2 is 2.00 bits per heavy atom. The molecule has 0 fully saturated rings. The van der Waals surface area contributed by atoms with Crippen LogP contribution in [0.3, 0.4) is 0 Å². The molecule has 0 radical (unpaired) electrons. The average molecular weight is 340 g/mol. The van der Waals surface area contributed by atoms with Crippen LogP contribution in [-0.4, -0.2) is 39.9 Å². The Bertz CT molecular complexity index is 1030. The van der Waals surface area contributed by atoms with Gasteiger partial charge in [-0.2, -0.15) is 5.10 Å². The molecule has 0 aliphatic carbocycles. The molecule has 126 valence electrons. The lowest BCUT2D eigenvalue weighted by Gasteiger charge is -1.98. The molecule has 0 bridgehead atoms. The molecule has 0 aliphatic heterocycles. The summed E-state index contributed by atoms with van der Waals surface area (Å²) in [4.78, 5) is 10.1. The third-order valence-corrected chi connectivity index (χ3v) is 3.60. The molecular weight excluding hydrogens is 328 g/mol. The number of benzene rings is 1. The van der Waals surface area contributed by atoms with Gasteiger partial charge in [0.25, 0.3) is 0 Å². The molecule has 0 amide bonds. The largest absolute Gasteiger partial charge is 0.423 e. The van der Waals surface area contributed by atoms with Gasteiger partial charge in [-0.3, -0.25) is 14.8 Å². The molecule has 11 nitrogen and oxygen atoms in total. The standard InChI is InChI=1S/C14H12N8O3/c23-22(24)10-7-15-20(8-10)6-5-13-17-18-14(25-13)9-21-12-4-2-1-3-11(12)16-19-21/h1-4,7-8H,5-6,9H2. The number of rotatable bonds is 6. The van der Waals surface area contributed by atoms with Gasteiger partial charge >= 0.3 is 5.69 Å². The minimum atomic E-state index is -0.489. The van der Waals surface area contributed by atoms with E-state index in [0.29, 0.717) is 31.3 Å². The zero-order valence-corrected chi connectivity index (χ0v) is 12.9. The number of aryl methyl sites for hydroxylation is 2. The lowest BCUT2D eigenvalue weighted by atomic mass is 10.3. The fourth-order valence-corrected chi connectivity index (χ4v) is 2.39. The Balaban J connectivity index is 1.42. The second-order valence-electron chi connectivity index (χ2n) is 5.29. The predicted molar refractivity (Wildman–Crippen MR) is 83.5 cm³/mol. The maximum atomic E-state index is 10.6. The second kappa shape index (κ2) is 6.11. The van der Waals surface area contributed by atoms with Gasteiger partial charge < -0.3 is 4.42 Å². The van der Waals surface area contributed by atoms with E-state index >= 15 is 0 Å². The van der Waals surface area contributed by atoms with Crippen LogP contribution in [-0.2, 0) is 19.5 Å². The Morgan fingerprint density at radius 3 is 2.84 bits per heavy atom. The first-order chi connectivity index (χ1) is 12.2. The van der Waals surface area contributed by atoms with Gasteiger partial charge in [-0.05, 0) is 12.1 Å². The molecule has 25 heavy (non-hydrogen) atoms. The van der Waals surface area contributed by atoms with Gasteiger partial charge in [-0.1, -0.05) is 17.3 Å². The van der Waals surface area contributed by atoms with Gasteiger partial charge in [-0.15, -0.1) is 15.3 Å². The summed E-state index contributed by atoms with van der Waals surface area (Å²) in [7, 11) is 0. The van der Waals surface area contributed by atoms with Crippen molar-refractivity contribution in [1.82, 2.24) is 35.0 Å². The summed E-state index contributed by atoms with van der Waals surface area (Å²) in [6, 6.07) is 7.59. The maximum Gasteiger partial charge on any atom is 0.306 e. The van der Waals surface area contributed by atoms with E-state index in [1.54, 1.807) is 4.68 Å². The normalized spacial score (nSPS) is 11.2. The first kappa shape index (κ1) is 14.9. The number of aromatic nitrogens is 7. The van der Waals surface area contributed by atoms with Crippen molar-refractivity contribution in [3.05, 3.63) is 58.6 Å². The number of para-hydroxylation sites is 1. The van der Waals surface area contributed by atoms with Crippen LogP contribution in [0.5, 0.6) is 0 Å². The zero-order chi connectivity index (χ0) is 17.2. The molecule has 0 aliphatic rings. The number of nitrogens with zero attached hydrogens (tertiary/aromatic N) is 8. The summed E-state index contributed by atoms with van der Waals surface area (Å²) in [5.74, 6) is 0.842. The van der Waals surface area contributed by atoms with E-state index in [2.05, 4.69) is 25.6 Å². The van der Waals surface area contributed by atoms with Gasteiger partial charge in [0.1, 0.15) is 24.5 Å². The van der Waals surface area contributed by atoms with Gasteiger partial charge in [-0.25, -0.2) is 4.68 Å². The first-order valence-corrected chi connectivity index (χ1v) is 7.45. The summed E-state index contributed by atoms with van der Waals surface area (Å²) in [5, 5.41) is 30.7. The number of fused-ring (bicyclic) bond motifs is 1. The van der Waals surface area contributed by atoms with Crippen LogP contribution in [0.15, 0.2) is 41.1 Å². The zero-order valence-electron chi connectivity index (χ0n) is 12.9. The second-order valence-corrected chi connectivity index (χ2v) is 5.29. The fourth-order valence-electron chi connectivity index (χ4n) is 2.39. The Labute approximate surface area is 140 Å². The molecule has 0 saturated heterocycles. The van der Waals surface area contributed by atoms with Gasteiger partial charge in [0, 0.05) is 13.0 Å². The smallest absolute Gasteiger partial charge is 0.306 e. The van der Waals surface area contributed by atoms with E-state index in [1.807, 2.05) is 24.3 Å². The topological polar surface area (TPSA) is 131 Å². The summed E-state index contributed by atoms with van der Waals surface area (Å²) >= 11 is 0. The van der Waals surface area contributed by atoms with Gasteiger partial charge in [0.2, 0.25) is 11.8 Å². The van der Waals surface area contributed by atoms with E-state index in [1.165, 1.54) is 17.1 Å². The Hall–Kier alpha value is -3.63. The predicted octanol–water partition coefficient (Wildman–Crippen LogP) is 1.21. The maximum absolute atomic E-state index is 10.6. The molecule has 1 aromatic carbocycles. The summed E-state index contributed by atoms with van der Waals surface area (Å²) in [5.41, 5.74) is 1.62. The van der Waals surface area contributed by atoms with Crippen molar-refractivity contribution in [2.75, 3.05) is 0 Å². The molecule has 0 N–H and O–H groups in total. The lowest BCUT2D eigenvalue weighted by Crippen LogP contribution is -2.02. The average Bonchev–Trinajstić information content (AvgIpc) is 3.33. The molecule has 4 rings (SSSR count). The van der Waals surface area contributed by atoms with E-state index in [4.69, 9.17) is 4.42 Å². The molecule has 0 saturated carbocycles. The monoisotopic (exact) mass is 340 g/mol. The Kier molecular flexibility index (Phi) is 3.65. The van der Waals surface area contributed by atoms with Crippen molar-refractivity contribution in [1.29, 1.82) is 0 Å². The highest BCUT2D eigenvalue weighted by atomic mass is 16.6. The quantitative estimate of drug-likeness (QED) is 0.378. The third kappa shape index (κ3) is 3.06. The minimum absolute atomic E-state index is 0.0516. The number of hydrogen-bond acceptors (Lipinski definition) is 8. The molecule has 0 atom stereocenters. The van der Waals surface area contributed by atoms with E-state index in [-0.39, 0.29) is 5.69 Å². The summed E-state index contributed by atoms with van der Waals surface area (Å²) in [6.07, 6.45) is 2.98. The number of nitro groups is 1. The van der Waals surface area contributed by atoms with E-state index in [0.717, 1.165) is 11.0 Å². The highest BCUT2D eigenvalue weighted by Crippen LogP contribution is 2.12. The van der Waals surface area contributed by atoms with Gasteiger partial charge in [0.05, 0.1) is 10.4 Å². The van der Waals surface area contributed by atoms with Crippen LogP contribution < -0.4 is 0 Å². The summed E-state index contributed by atoms with van der Waals surface area (Å²) < 4.78 is 8.75. The molecule has 0 unspecified atom stereocenters. The van der Waals surface area contributed by atoms with Crippen LogP contribution in [0.25, 0.3) is 11.0 Å². The molecule has 11 heteroatoms. The van der Waals surface area contributed by atoms with Crippen LogP contribution >= 0.6 is 0 Å². The molecule has 3 heterocycles. The Morgan fingerprint density at radius 1 is 1.16 bits per heavy atom. The van der Waals surface area contributed by atoms with Crippen molar-refractivity contribution in [3.8, 4) is 0 Å². The lowest BCUT2D eigenvalue weighted by molar-refractivity contribution is -0.385. The van der Waals surface area contributed by atoms with Crippen molar-refractivity contribution in [2.45, 2.75) is 19.5 Å². The third-order valence-electron chi connectivity index (χ3n) is 3.60.